The Kier molecular flexibility index (Phi) is 20.9. The molecule has 0 saturated carbocycles. The lowest BCUT2D eigenvalue weighted by Gasteiger charge is -2.17. The summed E-state index contributed by atoms with van der Waals surface area (Å²) in [7, 11) is -4.76. The number of ether oxygens (including phenoxy) is 2. The van der Waals surface area contributed by atoms with Crippen LogP contribution in [0.4, 0.5) is 0 Å². The average Bonchev–Trinajstić information content (AvgIpc) is 2.84. The normalized spacial score (nSPS) is 15.4. The molecule has 0 heterocycles. The van der Waals surface area contributed by atoms with Crippen molar-refractivity contribution < 1.29 is 48.2 Å². The minimum absolute atomic E-state index is 0.0216. The Hall–Kier alpha value is -2.59. The molecule has 0 spiro atoms. The van der Waals surface area contributed by atoms with Gasteiger partial charge in [-0.15, -0.1) is 0 Å². The zero-order valence-corrected chi connectivity index (χ0v) is 22.9. The highest BCUT2D eigenvalue weighted by molar-refractivity contribution is 7.46. The van der Waals surface area contributed by atoms with Gasteiger partial charge in [-0.2, -0.15) is 0 Å². The Morgan fingerprint density at radius 1 is 0.842 bits per heavy atom. The van der Waals surface area contributed by atoms with Gasteiger partial charge < -0.3 is 29.5 Å². The van der Waals surface area contributed by atoms with Crippen molar-refractivity contribution in [1.82, 2.24) is 0 Å². The summed E-state index contributed by atoms with van der Waals surface area (Å²) in [6.07, 6.45) is 22.4. The zero-order chi connectivity index (χ0) is 28.7. The minimum atomic E-state index is -4.76. The largest absolute Gasteiger partial charge is 0.469 e. The maximum Gasteiger partial charge on any atom is 0.469 e. The van der Waals surface area contributed by atoms with E-state index in [2.05, 4.69) is 4.52 Å². The van der Waals surface area contributed by atoms with Crippen LogP contribution in [0.1, 0.15) is 52.4 Å². The molecule has 0 radical (unpaired) electrons. The number of phosphoric acid groups is 1. The first-order valence-corrected chi connectivity index (χ1v) is 13.9. The highest BCUT2D eigenvalue weighted by atomic mass is 31.2. The molecule has 3 atom stereocenters. The fourth-order valence-corrected chi connectivity index (χ4v) is 3.01. The van der Waals surface area contributed by atoms with Crippen molar-refractivity contribution in [3.63, 3.8) is 0 Å². The molecule has 0 aliphatic rings. The van der Waals surface area contributed by atoms with E-state index in [0.717, 1.165) is 13.3 Å². The van der Waals surface area contributed by atoms with Crippen LogP contribution in [-0.2, 0) is 28.2 Å². The molecule has 0 amide bonds. The van der Waals surface area contributed by atoms with Crippen molar-refractivity contribution in [2.24, 2.45) is 0 Å². The summed E-state index contributed by atoms with van der Waals surface area (Å²) in [4.78, 5) is 40.4. The molecule has 0 unspecified atom stereocenters. The number of rotatable bonds is 20. The van der Waals surface area contributed by atoms with E-state index < -0.39 is 44.7 Å². The summed E-state index contributed by atoms with van der Waals surface area (Å²) in [5.41, 5.74) is 0. The smallest absolute Gasteiger partial charge is 0.462 e. The summed E-state index contributed by atoms with van der Waals surface area (Å²) < 4.78 is 24.9. The first-order valence-electron chi connectivity index (χ1n) is 12.4. The van der Waals surface area contributed by atoms with Gasteiger partial charge in [0, 0.05) is 13.3 Å². The molecular weight excluding hydrogens is 515 g/mol. The fourth-order valence-electron chi connectivity index (χ4n) is 2.65. The van der Waals surface area contributed by atoms with Gasteiger partial charge in [0.05, 0.1) is 18.8 Å². The van der Waals surface area contributed by atoms with Crippen LogP contribution in [0.2, 0.25) is 0 Å². The summed E-state index contributed by atoms with van der Waals surface area (Å²) in [5.74, 6) is -1.26. The Morgan fingerprint density at radius 3 is 1.97 bits per heavy atom. The highest BCUT2D eigenvalue weighted by Crippen LogP contribution is 2.35. The third-order valence-corrected chi connectivity index (χ3v) is 4.96. The molecule has 214 valence electrons. The van der Waals surface area contributed by atoms with Crippen LogP contribution in [-0.4, -0.2) is 63.5 Å². The van der Waals surface area contributed by atoms with Crippen LogP contribution in [0.3, 0.4) is 0 Å². The number of carbonyl (C=O) groups is 2. The van der Waals surface area contributed by atoms with Gasteiger partial charge in [0.2, 0.25) is 0 Å². The minimum Gasteiger partial charge on any atom is -0.462 e. The molecule has 0 aromatic rings. The van der Waals surface area contributed by atoms with E-state index in [-0.39, 0.29) is 13.0 Å². The first kappa shape index (κ1) is 35.4. The SMILES string of the molecule is CC/C=C\C[C@H](O)/C=C/C=C\C=C\[C@H](O)C/C=C\C/C=C\CCC(=O)O[C@H](COC(C)=O)COP(=O)(O)O. The maximum atomic E-state index is 11.9. The van der Waals surface area contributed by atoms with Crippen molar-refractivity contribution in [3.8, 4) is 0 Å². The van der Waals surface area contributed by atoms with E-state index in [1.807, 2.05) is 37.3 Å². The highest BCUT2D eigenvalue weighted by Gasteiger charge is 2.22. The number of carbonyl (C=O) groups excluding carboxylic acids is 2. The molecule has 0 bridgehead atoms. The van der Waals surface area contributed by atoms with Gasteiger partial charge in [0.25, 0.3) is 0 Å². The standard InChI is InChI=1S/C27H41O10P/c1-3-4-11-16-24(29)18-13-9-10-14-19-25(30)17-12-7-5-6-8-15-20-27(31)37-26(21-35-23(2)28)22-36-38(32,33)34/h4,6-14,18-19,24-26,29-30H,3,5,15-17,20-22H2,1-2H3,(H2,32,33,34)/b8-6-,10-9-,11-4-,12-7-,18-13+,19-14+/t24-,25+,26+/m0/s1. The molecule has 0 aromatic heterocycles. The quantitative estimate of drug-likeness (QED) is 0.0747. The van der Waals surface area contributed by atoms with Gasteiger partial charge in [-0.3, -0.25) is 14.1 Å². The Labute approximate surface area is 224 Å². The number of aliphatic hydroxyl groups is 2. The van der Waals surface area contributed by atoms with Crippen LogP contribution in [0.15, 0.2) is 72.9 Å². The van der Waals surface area contributed by atoms with Gasteiger partial charge in [0.1, 0.15) is 6.61 Å². The monoisotopic (exact) mass is 556 g/mol. The van der Waals surface area contributed by atoms with Crippen molar-refractivity contribution in [2.75, 3.05) is 13.2 Å². The summed E-state index contributed by atoms with van der Waals surface area (Å²) in [5, 5.41) is 19.7. The molecule has 11 heteroatoms. The van der Waals surface area contributed by atoms with Crippen LogP contribution in [0.25, 0.3) is 0 Å². The third kappa shape index (κ3) is 25.1. The Balaban J connectivity index is 4.18. The maximum absolute atomic E-state index is 11.9. The van der Waals surface area contributed by atoms with Crippen LogP contribution in [0, 0.1) is 0 Å². The average molecular weight is 557 g/mol. The van der Waals surface area contributed by atoms with Crippen LogP contribution < -0.4 is 0 Å². The number of hydrogen-bond acceptors (Lipinski definition) is 8. The predicted molar refractivity (Wildman–Crippen MR) is 145 cm³/mol. The van der Waals surface area contributed by atoms with Gasteiger partial charge in [-0.05, 0) is 32.1 Å². The van der Waals surface area contributed by atoms with E-state index in [1.165, 1.54) is 0 Å². The first-order chi connectivity index (χ1) is 18.0. The molecule has 0 aromatic carbocycles. The zero-order valence-electron chi connectivity index (χ0n) is 22.0. The van der Waals surface area contributed by atoms with Gasteiger partial charge in [-0.25, -0.2) is 4.57 Å². The van der Waals surface area contributed by atoms with Crippen molar-refractivity contribution in [2.45, 2.75) is 70.7 Å². The lowest BCUT2D eigenvalue weighted by Crippen LogP contribution is -2.29. The second-order valence-electron chi connectivity index (χ2n) is 8.06. The molecule has 38 heavy (non-hydrogen) atoms. The second kappa shape index (κ2) is 22.4. The topological polar surface area (TPSA) is 160 Å². The van der Waals surface area contributed by atoms with E-state index in [9.17, 15) is 24.4 Å². The second-order valence-corrected chi connectivity index (χ2v) is 9.30. The lowest BCUT2D eigenvalue weighted by atomic mass is 10.2. The number of phosphoric ester groups is 1. The number of allylic oxidation sites excluding steroid dienone is 8. The molecule has 0 aliphatic heterocycles. The van der Waals surface area contributed by atoms with Gasteiger partial charge in [-0.1, -0.05) is 79.8 Å². The van der Waals surface area contributed by atoms with Crippen molar-refractivity contribution >= 4 is 19.8 Å². The lowest BCUT2D eigenvalue weighted by molar-refractivity contribution is -0.160. The molecule has 0 saturated heterocycles. The summed E-state index contributed by atoms with van der Waals surface area (Å²) in [6.45, 7) is 2.20. The predicted octanol–water partition coefficient (Wildman–Crippen LogP) is 3.99. The van der Waals surface area contributed by atoms with Crippen LogP contribution in [0.5, 0.6) is 0 Å². The number of aliphatic hydroxyl groups excluding tert-OH is 2. The molecular formula is C27H41O10P. The molecule has 4 N–H and O–H groups in total. The Morgan fingerprint density at radius 2 is 1.42 bits per heavy atom. The fraction of sp³-hybridized carbons (Fsp3) is 0.481. The third-order valence-electron chi connectivity index (χ3n) is 4.48. The molecule has 0 aliphatic carbocycles. The van der Waals surface area contributed by atoms with Gasteiger partial charge in [0.15, 0.2) is 6.10 Å². The van der Waals surface area contributed by atoms with Gasteiger partial charge >= 0.3 is 19.8 Å². The molecule has 0 fully saturated rings. The van der Waals surface area contributed by atoms with E-state index >= 15 is 0 Å². The van der Waals surface area contributed by atoms with E-state index in [0.29, 0.717) is 25.7 Å². The molecule has 0 rings (SSSR count). The summed E-state index contributed by atoms with van der Waals surface area (Å²) >= 11 is 0. The number of esters is 2. The van der Waals surface area contributed by atoms with Crippen molar-refractivity contribution in [3.05, 3.63) is 72.9 Å². The van der Waals surface area contributed by atoms with E-state index in [4.69, 9.17) is 19.3 Å². The summed E-state index contributed by atoms with van der Waals surface area (Å²) in [6, 6.07) is 0. The Bertz CT molecular complexity index is 882. The molecule has 10 nitrogen and oxygen atoms in total. The van der Waals surface area contributed by atoms with Crippen LogP contribution >= 0.6 is 7.82 Å². The number of hydrogen-bond donors (Lipinski definition) is 4. The van der Waals surface area contributed by atoms with E-state index in [1.54, 1.807) is 42.5 Å². The van der Waals surface area contributed by atoms with Crippen molar-refractivity contribution in [1.29, 1.82) is 0 Å².